The van der Waals surface area contributed by atoms with Crippen LogP contribution in [0, 0.1) is 12.8 Å². The lowest BCUT2D eigenvalue weighted by molar-refractivity contribution is -0.119. The van der Waals surface area contributed by atoms with Crippen molar-refractivity contribution >= 4 is 23.4 Å². The van der Waals surface area contributed by atoms with Gasteiger partial charge in [-0.15, -0.1) is 0 Å². The van der Waals surface area contributed by atoms with Gasteiger partial charge in [-0.1, -0.05) is 0 Å². The van der Waals surface area contributed by atoms with Gasteiger partial charge in [0.25, 0.3) is 11.8 Å². The highest BCUT2D eigenvalue weighted by molar-refractivity contribution is 5.99. The van der Waals surface area contributed by atoms with Crippen molar-refractivity contribution in [3.8, 4) is 5.69 Å². The molecule has 4 N–H and O–H groups in total. The van der Waals surface area contributed by atoms with Crippen molar-refractivity contribution in [3.05, 3.63) is 40.7 Å². The van der Waals surface area contributed by atoms with Crippen LogP contribution in [0.2, 0.25) is 0 Å². The number of anilines is 1. The largest absolute Gasteiger partial charge is 0.382 e. The third-order valence-corrected chi connectivity index (χ3v) is 8.09. The van der Waals surface area contributed by atoms with Crippen LogP contribution in [0.25, 0.3) is 5.69 Å². The summed E-state index contributed by atoms with van der Waals surface area (Å²) in [4.78, 5) is 39.3. The van der Waals surface area contributed by atoms with Gasteiger partial charge in [0.2, 0.25) is 5.91 Å². The lowest BCUT2D eigenvalue weighted by Gasteiger charge is -2.42. The first-order chi connectivity index (χ1) is 17.5. The molecule has 2 saturated carbocycles. The zero-order valence-corrected chi connectivity index (χ0v) is 22.3. The molecule has 2 fully saturated rings. The lowest BCUT2D eigenvalue weighted by Crippen LogP contribution is -2.53. The molecule has 0 bridgehead atoms. The fraction of sp³-hybridized carbons (Fsp3) is 0.571. The predicted octanol–water partition coefficient (Wildman–Crippen LogP) is 3.33. The molecule has 3 amide bonds. The van der Waals surface area contributed by atoms with E-state index in [1.165, 1.54) is 12.8 Å². The summed E-state index contributed by atoms with van der Waals surface area (Å²) in [7, 11) is 0. The number of primary amides is 1. The SMILES string of the molecule is CC(=O)NC1CCC(Nc2cc(-n3nc(C)c4c3CC(C)(C)N(CC3CC3)C4=O)ccc2C(N)=O)CC1. The molecule has 2 aliphatic carbocycles. The smallest absolute Gasteiger partial charge is 0.258 e. The zero-order chi connectivity index (χ0) is 26.5. The standard InChI is InChI=1S/C28H38N6O3/c1-16-25-24(14-28(3,4)33(27(25)37)15-18-5-6-18)34(32-16)21-11-12-22(26(29)36)23(13-21)31-20-9-7-19(8-10-20)30-17(2)35/h11-13,18-20,31H,5-10,14-15H2,1-4H3,(H2,29,36)(H,30,35). The van der Waals surface area contributed by atoms with E-state index >= 15 is 0 Å². The molecule has 1 aromatic carbocycles. The van der Waals surface area contributed by atoms with Crippen LogP contribution in [0.1, 0.15) is 91.4 Å². The molecule has 1 aliphatic heterocycles. The van der Waals surface area contributed by atoms with Crippen LogP contribution in [0.5, 0.6) is 0 Å². The van der Waals surface area contributed by atoms with Gasteiger partial charge in [-0.05, 0) is 83.4 Å². The number of nitrogens with one attached hydrogen (secondary N) is 2. The summed E-state index contributed by atoms with van der Waals surface area (Å²) in [5, 5.41) is 11.3. The number of nitrogens with zero attached hydrogens (tertiary/aromatic N) is 3. The average molecular weight is 507 g/mol. The maximum absolute atomic E-state index is 13.6. The highest BCUT2D eigenvalue weighted by atomic mass is 16.2. The summed E-state index contributed by atoms with van der Waals surface area (Å²) in [6.45, 7) is 8.50. The normalized spacial score (nSPS) is 22.9. The summed E-state index contributed by atoms with van der Waals surface area (Å²) >= 11 is 0. The van der Waals surface area contributed by atoms with Gasteiger partial charge in [-0.3, -0.25) is 14.4 Å². The van der Waals surface area contributed by atoms with Crippen LogP contribution in [-0.2, 0) is 11.2 Å². The fourth-order valence-electron chi connectivity index (χ4n) is 5.92. The van der Waals surface area contributed by atoms with Gasteiger partial charge < -0.3 is 21.3 Å². The Labute approximate surface area is 218 Å². The van der Waals surface area contributed by atoms with Gasteiger partial charge in [0.05, 0.1) is 28.2 Å². The molecule has 2 aromatic rings. The lowest BCUT2D eigenvalue weighted by atomic mass is 9.87. The summed E-state index contributed by atoms with van der Waals surface area (Å²) in [6.07, 6.45) is 6.61. The average Bonchev–Trinajstić information content (AvgIpc) is 3.59. The van der Waals surface area contributed by atoms with Crippen molar-refractivity contribution in [2.24, 2.45) is 11.7 Å². The molecule has 5 rings (SSSR count). The van der Waals surface area contributed by atoms with E-state index in [1.54, 1.807) is 13.0 Å². The monoisotopic (exact) mass is 506 g/mol. The molecule has 9 nitrogen and oxygen atoms in total. The fourth-order valence-corrected chi connectivity index (χ4v) is 5.92. The van der Waals surface area contributed by atoms with E-state index in [0.29, 0.717) is 29.2 Å². The summed E-state index contributed by atoms with van der Waals surface area (Å²) in [6, 6.07) is 5.86. The van der Waals surface area contributed by atoms with Gasteiger partial charge in [0.15, 0.2) is 0 Å². The van der Waals surface area contributed by atoms with Crippen LogP contribution in [0.4, 0.5) is 5.69 Å². The Morgan fingerprint density at radius 3 is 2.41 bits per heavy atom. The Balaban J connectivity index is 1.43. The third kappa shape index (κ3) is 5.08. The van der Waals surface area contributed by atoms with Crippen molar-refractivity contribution in [2.75, 3.05) is 11.9 Å². The van der Waals surface area contributed by atoms with E-state index in [4.69, 9.17) is 10.8 Å². The minimum atomic E-state index is -0.494. The summed E-state index contributed by atoms with van der Waals surface area (Å²) in [5.74, 6) is 0.176. The second-order valence-corrected chi connectivity index (χ2v) is 11.7. The van der Waals surface area contributed by atoms with Gasteiger partial charge in [0.1, 0.15) is 0 Å². The van der Waals surface area contributed by atoms with Gasteiger partial charge in [0, 0.05) is 43.2 Å². The number of carbonyl (C=O) groups excluding carboxylic acids is 3. The Bertz CT molecular complexity index is 1240. The number of nitrogens with two attached hydrogens (primary N) is 1. The second kappa shape index (κ2) is 9.50. The molecular weight excluding hydrogens is 468 g/mol. The third-order valence-electron chi connectivity index (χ3n) is 8.09. The van der Waals surface area contributed by atoms with Crippen LogP contribution >= 0.6 is 0 Å². The minimum absolute atomic E-state index is 0.00436. The number of benzene rings is 1. The van der Waals surface area contributed by atoms with Crippen molar-refractivity contribution in [1.82, 2.24) is 20.0 Å². The number of aryl methyl sites for hydroxylation is 1. The number of hydrogen-bond acceptors (Lipinski definition) is 5. The first kappa shape index (κ1) is 25.3. The topological polar surface area (TPSA) is 122 Å². The number of amides is 3. The predicted molar refractivity (Wildman–Crippen MR) is 142 cm³/mol. The van der Waals surface area contributed by atoms with E-state index in [2.05, 4.69) is 24.5 Å². The summed E-state index contributed by atoms with van der Waals surface area (Å²) in [5.41, 5.74) is 9.64. The van der Waals surface area contributed by atoms with Crippen molar-refractivity contribution in [2.45, 2.75) is 90.3 Å². The molecule has 9 heteroatoms. The van der Waals surface area contributed by atoms with E-state index in [0.717, 1.165) is 49.3 Å². The molecule has 2 heterocycles. The molecule has 37 heavy (non-hydrogen) atoms. The van der Waals surface area contributed by atoms with E-state index in [-0.39, 0.29) is 29.4 Å². The zero-order valence-electron chi connectivity index (χ0n) is 22.3. The van der Waals surface area contributed by atoms with Crippen molar-refractivity contribution in [1.29, 1.82) is 0 Å². The maximum Gasteiger partial charge on any atom is 0.258 e. The quantitative estimate of drug-likeness (QED) is 0.532. The summed E-state index contributed by atoms with van der Waals surface area (Å²) < 4.78 is 1.86. The van der Waals surface area contributed by atoms with E-state index in [1.807, 2.05) is 28.6 Å². The highest BCUT2D eigenvalue weighted by Crippen LogP contribution is 2.38. The maximum atomic E-state index is 13.6. The Hall–Kier alpha value is -3.36. The molecular formula is C28H38N6O3. The van der Waals surface area contributed by atoms with Crippen LogP contribution in [0.15, 0.2) is 18.2 Å². The molecule has 0 unspecified atom stereocenters. The molecule has 3 aliphatic rings. The van der Waals surface area contributed by atoms with Gasteiger partial charge in [-0.25, -0.2) is 4.68 Å². The Morgan fingerprint density at radius 2 is 1.78 bits per heavy atom. The highest BCUT2D eigenvalue weighted by Gasteiger charge is 2.43. The molecule has 198 valence electrons. The number of fused-ring (bicyclic) bond motifs is 1. The van der Waals surface area contributed by atoms with Crippen LogP contribution in [0.3, 0.4) is 0 Å². The Morgan fingerprint density at radius 1 is 1.11 bits per heavy atom. The number of aromatic nitrogens is 2. The van der Waals surface area contributed by atoms with Gasteiger partial charge >= 0.3 is 0 Å². The van der Waals surface area contributed by atoms with Gasteiger partial charge in [-0.2, -0.15) is 5.10 Å². The Kier molecular flexibility index (Phi) is 6.50. The van der Waals surface area contributed by atoms with E-state index < -0.39 is 5.91 Å². The second-order valence-electron chi connectivity index (χ2n) is 11.7. The molecule has 0 spiro atoms. The molecule has 0 atom stereocenters. The van der Waals surface area contributed by atoms with Crippen molar-refractivity contribution in [3.63, 3.8) is 0 Å². The van der Waals surface area contributed by atoms with Crippen LogP contribution < -0.4 is 16.4 Å². The number of hydrogen-bond donors (Lipinski definition) is 3. The first-order valence-electron chi connectivity index (χ1n) is 13.4. The van der Waals surface area contributed by atoms with E-state index in [9.17, 15) is 14.4 Å². The number of carbonyl (C=O) groups is 3. The minimum Gasteiger partial charge on any atom is -0.382 e. The molecule has 0 radical (unpaired) electrons. The van der Waals surface area contributed by atoms with Crippen LogP contribution in [-0.4, -0.2) is 56.6 Å². The van der Waals surface area contributed by atoms with Crippen molar-refractivity contribution < 1.29 is 14.4 Å². The first-order valence-corrected chi connectivity index (χ1v) is 13.4. The molecule has 0 saturated heterocycles. The number of rotatable bonds is 7. The molecule has 1 aromatic heterocycles.